The smallest absolute Gasteiger partial charge is 0.373 e. The Bertz CT molecular complexity index is 1010. The van der Waals surface area contributed by atoms with Crippen LogP contribution in [-0.4, -0.2) is 33.1 Å². The molecule has 0 aliphatic rings. The summed E-state index contributed by atoms with van der Waals surface area (Å²) >= 11 is 0. The summed E-state index contributed by atoms with van der Waals surface area (Å²) in [7, 11) is 1.52. The maximum Gasteiger partial charge on any atom is 0.373 e. The number of aromatic carboxylic acids is 1. The summed E-state index contributed by atoms with van der Waals surface area (Å²) < 4.78 is 10.6. The van der Waals surface area contributed by atoms with Crippen LogP contribution in [-0.2, 0) is 0 Å². The van der Waals surface area contributed by atoms with Gasteiger partial charge in [0.1, 0.15) is 17.8 Å². The van der Waals surface area contributed by atoms with E-state index < -0.39 is 16.6 Å². The van der Waals surface area contributed by atoms with Gasteiger partial charge in [-0.1, -0.05) is 0 Å². The van der Waals surface area contributed by atoms with Crippen LogP contribution in [0.4, 0.5) is 17.2 Å². The number of nitrogens with one attached hydrogen (secondary N) is 1. The quantitative estimate of drug-likeness (QED) is 0.463. The van der Waals surface area contributed by atoms with Crippen molar-refractivity contribution < 1.29 is 24.3 Å². The number of nitrogens with zero attached hydrogens (tertiary/aromatic N) is 3. The third kappa shape index (κ3) is 4.12. The molecule has 3 rings (SSSR count). The lowest BCUT2D eigenvalue weighted by Gasteiger charge is -2.10. The molecular weight excluding hydrogens is 368 g/mol. The Morgan fingerprint density at radius 3 is 2.29 bits per heavy atom. The van der Waals surface area contributed by atoms with E-state index in [1.807, 2.05) is 0 Å². The number of hydrogen-bond acceptors (Lipinski definition) is 8. The van der Waals surface area contributed by atoms with Crippen LogP contribution in [0.3, 0.4) is 0 Å². The van der Waals surface area contributed by atoms with Crippen molar-refractivity contribution in [1.82, 2.24) is 9.97 Å². The molecule has 10 heteroatoms. The van der Waals surface area contributed by atoms with E-state index in [0.29, 0.717) is 17.2 Å². The molecule has 0 radical (unpaired) electrons. The van der Waals surface area contributed by atoms with Crippen molar-refractivity contribution in [2.45, 2.75) is 0 Å². The summed E-state index contributed by atoms with van der Waals surface area (Å²) in [5, 5.41) is 23.3. The maximum atomic E-state index is 11.6. The van der Waals surface area contributed by atoms with Gasteiger partial charge in [0.05, 0.1) is 17.6 Å². The summed E-state index contributed by atoms with van der Waals surface area (Å²) in [5.74, 6) is -0.466. The van der Waals surface area contributed by atoms with Gasteiger partial charge in [0.15, 0.2) is 0 Å². The molecule has 0 aliphatic heterocycles. The molecule has 3 aromatic rings. The Morgan fingerprint density at radius 1 is 1.07 bits per heavy atom. The largest absolute Gasteiger partial charge is 0.497 e. The Balaban J connectivity index is 1.90. The number of aromatic nitrogens is 2. The van der Waals surface area contributed by atoms with Crippen molar-refractivity contribution in [2.75, 3.05) is 12.4 Å². The second-order valence-electron chi connectivity index (χ2n) is 5.42. The normalized spacial score (nSPS) is 10.2. The first kappa shape index (κ1) is 18.6. The number of benzene rings is 2. The molecule has 10 nitrogen and oxygen atoms in total. The van der Waals surface area contributed by atoms with Gasteiger partial charge < -0.3 is 19.9 Å². The van der Waals surface area contributed by atoms with Gasteiger partial charge >= 0.3 is 17.5 Å². The molecule has 2 aromatic carbocycles. The van der Waals surface area contributed by atoms with Crippen molar-refractivity contribution in [1.29, 1.82) is 0 Å². The molecule has 0 saturated carbocycles. The lowest BCUT2D eigenvalue weighted by atomic mass is 10.2. The minimum atomic E-state index is -1.07. The van der Waals surface area contributed by atoms with Crippen LogP contribution < -0.4 is 14.8 Å². The number of hydrogen-bond donors (Lipinski definition) is 2. The maximum absolute atomic E-state index is 11.6. The zero-order chi connectivity index (χ0) is 20.1. The molecule has 1 aromatic heterocycles. The fourth-order valence-corrected chi connectivity index (χ4v) is 2.28. The van der Waals surface area contributed by atoms with Crippen molar-refractivity contribution in [2.24, 2.45) is 0 Å². The minimum absolute atomic E-state index is 0.0891. The fourth-order valence-electron chi connectivity index (χ4n) is 2.28. The number of carboxylic acids is 1. The zero-order valence-electron chi connectivity index (χ0n) is 14.5. The van der Waals surface area contributed by atoms with Gasteiger partial charge in [0.2, 0.25) is 5.82 Å². The molecule has 0 unspecified atom stereocenters. The number of anilines is 2. The fraction of sp³-hybridized carbons (Fsp3) is 0.0556. The third-order valence-electron chi connectivity index (χ3n) is 3.64. The monoisotopic (exact) mass is 382 g/mol. The van der Waals surface area contributed by atoms with E-state index in [9.17, 15) is 14.9 Å². The summed E-state index contributed by atoms with van der Waals surface area (Å²) in [6, 6.07) is 12.1. The average Bonchev–Trinajstić information content (AvgIpc) is 2.69. The van der Waals surface area contributed by atoms with E-state index in [4.69, 9.17) is 14.6 Å². The molecular formula is C18H14N4O6. The number of nitro groups is 1. The number of ether oxygens (including phenoxy) is 2. The summed E-state index contributed by atoms with van der Waals surface area (Å²) in [6.45, 7) is 0. The highest BCUT2D eigenvalue weighted by Crippen LogP contribution is 2.35. The van der Waals surface area contributed by atoms with Gasteiger partial charge in [0, 0.05) is 5.69 Å². The van der Waals surface area contributed by atoms with Gasteiger partial charge in [-0.2, -0.15) is 4.98 Å². The summed E-state index contributed by atoms with van der Waals surface area (Å²) in [5.41, 5.74) is 0.0501. The van der Waals surface area contributed by atoms with Gasteiger partial charge in [-0.25, -0.2) is 9.78 Å². The van der Waals surface area contributed by atoms with Crippen LogP contribution in [0.25, 0.3) is 0 Å². The molecule has 28 heavy (non-hydrogen) atoms. The SMILES string of the molecule is COc1ccc(Oc2ncnc(Nc3ccc(C(=O)O)cc3)c2[N+](=O)[O-])cc1. The van der Waals surface area contributed by atoms with Crippen LogP contribution in [0.2, 0.25) is 0 Å². The molecule has 0 atom stereocenters. The summed E-state index contributed by atoms with van der Waals surface area (Å²) in [4.78, 5) is 29.6. The molecule has 0 amide bonds. The van der Waals surface area contributed by atoms with E-state index in [1.54, 1.807) is 24.3 Å². The lowest BCUT2D eigenvalue weighted by Crippen LogP contribution is -2.04. The predicted molar refractivity (Wildman–Crippen MR) is 98.4 cm³/mol. The third-order valence-corrected chi connectivity index (χ3v) is 3.64. The van der Waals surface area contributed by atoms with E-state index in [1.165, 1.54) is 31.4 Å². The Kier molecular flexibility index (Phi) is 5.30. The topological polar surface area (TPSA) is 137 Å². The number of methoxy groups -OCH3 is 1. The Hall–Kier alpha value is -4.21. The van der Waals surface area contributed by atoms with Crippen LogP contribution in [0.15, 0.2) is 54.9 Å². The standard InChI is InChI=1S/C18H14N4O6/c1-27-13-6-8-14(9-7-13)28-17-15(22(25)26)16(19-10-20-17)21-12-4-2-11(3-5-12)18(23)24/h2-10H,1H3,(H,23,24)(H,19,20,21). The van der Waals surface area contributed by atoms with Gasteiger partial charge in [-0.05, 0) is 48.5 Å². The zero-order valence-corrected chi connectivity index (χ0v) is 14.5. The Morgan fingerprint density at radius 2 is 1.71 bits per heavy atom. The van der Waals surface area contributed by atoms with Gasteiger partial charge in [-0.15, -0.1) is 0 Å². The van der Waals surface area contributed by atoms with E-state index in [-0.39, 0.29) is 17.3 Å². The summed E-state index contributed by atoms with van der Waals surface area (Å²) in [6.07, 6.45) is 1.12. The van der Waals surface area contributed by atoms with Crippen LogP contribution >= 0.6 is 0 Å². The molecule has 1 heterocycles. The van der Waals surface area contributed by atoms with Crippen molar-refractivity contribution >= 4 is 23.2 Å². The highest BCUT2D eigenvalue weighted by Gasteiger charge is 2.25. The van der Waals surface area contributed by atoms with E-state index >= 15 is 0 Å². The first-order valence-corrected chi connectivity index (χ1v) is 7.89. The Labute approximate surface area is 158 Å². The first-order chi connectivity index (χ1) is 13.5. The van der Waals surface area contributed by atoms with Crippen molar-refractivity contribution in [3.05, 3.63) is 70.5 Å². The predicted octanol–water partition coefficient (Wildman–Crippen LogP) is 3.63. The van der Waals surface area contributed by atoms with E-state index in [0.717, 1.165) is 6.33 Å². The van der Waals surface area contributed by atoms with Gasteiger partial charge in [-0.3, -0.25) is 10.1 Å². The van der Waals surface area contributed by atoms with Crippen LogP contribution in [0.1, 0.15) is 10.4 Å². The number of carboxylic acid groups (broad SMARTS) is 1. The minimum Gasteiger partial charge on any atom is -0.497 e. The van der Waals surface area contributed by atoms with Gasteiger partial charge in [0.25, 0.3) is 0 Å². The molecule has 2 N–H and O–H groups in total. The molecule has 0 aliphatic carbocycles. The second kappa shape index (κ2) is 7.99. The highest BCUT2D eigenvalue weighted by atomic mass is 16.6. The van der Waals surface area contributed by atoms with Crippen molar-refractivity contribution in [3.8, 4) is 17.4 Å². The molecule has 0 spiro atoms. The molecule has 0 saturated heterocycles. The van der Waals surface area contributed by atoms with E-state index in [2.05, 4.69) is 15.3 Å². The van der Waals surface area contributed by atoms with Crippen molar-refractivity contribution in [3.63, 3.8) is 0 Å². The molecule has 142 valence electrons. The average molecular weight is 382 g/mol. The van der Waals surface area contributed by atoms with Crippen LogP contribution in [0, 0.1) is 10.1 Å². The highest BCUT2D eigenvalue weighted by molar-refractivity contribution is 5.88. The lowest BCUT2D eigenvalue weighted by molar-refractivity contribution is -0.385. The first-order valence-electron chi connectivity index (χ1n) is 7.89. The molecule has 0 bridgehead atoms. The number of carbonyl (C=O) groups is 1. The number of rotatable bonds is 7. The molecule has 0 fully saturated rings. The second-order valence-corrected chi connectivity index (χ2v) is 5.42. The van der Waals surface area contributed by atoms with Crippen LogP contribution in [0.5, 0.6) is 17.4 Å².